The molecular weight excluding hydrogens is 533 g/mol. The lowest BCUT2D eigenvalue weighted by Crippen LogP contribution is -2.47. The quantitative estimate of drug-likeness (QED) is 0.242. The Labute approximate surface area is 203 Å². The molecule has 4 atom stereocenters. The number of rotatable bonds is 11. The second-order valence-corrected chi connectivity index (χ2v) is 10.4. The zero-order valence-electron chi connectivity index (χ0n) is 18.7. The molecule has 2 heterocycles. The minimum atomic E-state index is -4.10. The molecule has 13 heteroatoms. The number of methoxy groups -OCH3 is 1. The molecule has 2 unspecified atom stereocenters. The topological polar surface area (TPSA) is 138 Å². The number of halogens is 1. The average Bonchev–Trinajstić information content (AvgIpc) is 3.25. The van der Waals surface area contributed by atoms with E-state index in [1.165, 1.54) is 24.8 Å². The van der Waals surface area contributed by atoms with Gasteiger partial charge in [-0.2, -0.15) is 5.09 Å². The molecule has 0 bridgehead atoms. The van der Waals surface area contributed by atoms with Crippen LogP contribution in [0.1, 0.15) is 18.7 Å². The van der Waals surface area contributed by atoms with E-state index < -0.39 is 36.9 Å². The number of carbonyl (C=O) groups is 1. The van der Waals surface area contributed by atoms with Gasteiger partial charge in [0.25, 0.3) is 5.56 Å². The molecule has 0 saturated carbocycles. The third kappa shape index (κ3) is 6.62. The number of hydrogen-bond donors (Lipinski definition) is 2. The summed E-state index contributed by atoms with van der Waals surface area (Å²) in [5, 5.41) is 2.64. The fraction of sp³-hybridized carbons (Fsp3) is 0.381. The van der Waals surface area contributed by atoms with Gasteiger partial charge in [-0.3, -0.25) is 18.9 Å². The van der Waals surface area contributed by atoms with Gasteiger partial charge in [0.2, 0.25) is 0 Å². The molecule has 2 N–H and O–H groups in total. The van der Waals surface area contributed by atoms with Crippen molar-refractivity contribution in [1.82, 2.24) is 14.6 Å². The maximum Gasteiger partial charge on any atom is 0.459 e. The van der Waals surface area contributed by atoms with Gasteiger partial charge in [-0.1, -0.05) is 22.0 Å². The maximum absolute atomic E-state index is 13.6. The van der Waals surface area contributed by atoms with E-state index in [4.69, 9.17) is 18.5 Å². The van der Waals surface area contributed by atoms with Crippen LogP contribution in [-0.4, -0.2) is 47.8 Å². The first-order chi connectivity index (χ1) is 16.1. The largest absolute Gasteiger partial charge is 0.459 e. The molecule has 0 aliphatic carbocycles. The number of benzene rings is 1. The summed E-state index contributed by atoms with van der Waals surface area (Å²) in [7, 11) is -2.69. The van der Waals surface area contributed by atoms with Gasteiger partial charge in [0.1, 0.15) is 23.7 Å². The molecule has 0 radical (unpaired) electrons. The summed E-state index contributed by atoms with van der Waals surface area (Å²) in [5.41, 5.74) is -2.11. The fourth-order valence-corrected chi connectivity index (χ4v) is 5.02. The summed E-state index contributed by atoms with van der Waals surface area (Å²) in [6.45, 7) is 2.77. The first-order valence-electron chi connectivity index (χ1n) is 10.2. The van der Waals surface area contributed by atoms with E-state index in [9.17, 15) is 18.9 Å². The van der Waals surface area contributed by atoms with Crippen molar-refractivity contribution in [2.75, 3.05) is 20.3 Å². The molecule has 184 valence electrons. The van der Waals surface area contributed by atoms with Crippen molar-refractivity contribution >= 4 is 30.0 Å². The van der Waals surface area contributed by atoms with Crippen LogP contribution >= 0.6 is 23.7 Å². The van der Waals surface area contributed by atoms with Crippen molar-refractivity contribution in [3.8, 4) is 5.75 Å². The van der Waals surface area contributed by atoms with Gasteiger partial charge < -0.3 is 18.8 Å². The van der Waals surface area contributed by atoms with E-state index in [-0.39, 0.29) is 19.0 Å². The van der Waals surface area contributed by atoms with Crippen LogP contribution in [0.2, 0.25) is 0 Å². The van der Waals surface area contributed by atoms with Gasteiger partial charge in [-0.15, -0.1) is 0 Å². The molecule has 34 heavy (non-hydrogen) atoms. The summed E-state index contributed by atoms with van der Waals surface area (Å²) in [4.78, 5) is 37.6. The van der Waals surface area contributed by atoms with Gasteiger partial charge in [0.05, 0.1) is 13.2 Å². The molecule has 0 saturated heterocycles. The summed E-state index contributed by atoms with van der Waals surface area (Å²) in [6.07, 6.45) is 3.73. The number of H-pyrrole nitrogens is 1. The lowest BCUT2D eigenvalue weighted by Gasteiger charge is -2.29. The maximum atomic E-state index is 13.6. The number of ether oxygens (including phenoxy) is 2. The summed E-state index contributed by atoms with van der Waals surface area (Å²) >= 11 is 3.32. The standard InChI is InChI=1S/C21H25BrN3O8P/c1-14-10-25(20(28)23-19(14)27)18-9-8-17(32-18)11-31-34(29,24-21(2,12-26)13-30-3)33-16-6-4-15(22)5-7-16/h4-10,12,17-18H,11,13H2,1-3H3,(H,24,29)(H,23,27,28)/t17-,18+,21?,34?/m0/s1. The van der Waals surface area contributed by atoms with Crippen LogP contribution in [0.25, 0.3) is 0 Å². The molecule has 1 aromatic carbocycles. The molecule has 1 aromatic heterocycles. The van der Waals surface area contributed by atoms with Gasteiger partial charge in [-0.25, -0.2) is 9.36 Å². The first kappa shape index (κ1) is 26.3. The van der Waals surface area contributed by atoms with E-state index >= 15 is 0 Å². The van der Waals surface area contributed by atoms with Crippen LogP contribution in [0.3, 0.4) is 0 Å². The van der Waals surface area contributed by atoms with Crippen LogP contribution < -0.4 is 20.9 Å². The Kier molecular flexibility index (Phi) is 8.45. The summed E-state index contributed by atoms with van der Waals surface area (Å²) in [5.74, 6) is 0.251. The first-order valence-corrected chi connectivity index (χ1v) is 12.5. The Morgan fingerprint density at radius 1 is 1.29 bits per heavy atom. The van der Waals surface area contributed by atoms with Crippen molar-refractivity contribution in [3.05, 3.63) is 73.5 Å². The van der Waals surface area contributed by atoms with Gasteiger partial charge >= 0.3 is 13.4 Å². The van der Waals surface area contributed by atoms with E-state index in [0.717, 1.165) is 4.47 Å². The van der Waals surface area contributed by atoms with Crippen LogP contribution in [0, 0.1) is 6.92 Å². The molecular formula is C21H25BrN3O8P. The van der Waals surface area contributed by atoms with Crippen molar-refractivity contribution in [2.45, 2.75) is 31.7 Å². The number of aromatic nitrogens is 2. The molecule has 0 amide bonds. The van der Waals surface area contributed by atoms with Crippen molar-refractivity contribution in [2.24, 2.45) is 0 Å². The number of aromatic amines is 1. The second-order valence-electron chi connectivity index (χ2n) is 7.85. The van der Waals surface area contributed by atoms with E-state index in [0.29, 0.717) is 11.8 Å². The normalized spacial score (nSPS) is 21.1. The molecule has 0 fully saturated rings. The van der Waals surface area contributed by atoms with Gasteiger partial charge in [0.15, 0.2) is 6.23 Å². The number of nitrogens with zero attached hydrogens (tertiary/aromatic N) is 1. The zero-order chi connectivity index (χ0) is 24.9. The Morgan fingerprint density at radius 2 is 2.00 bits per heavy atom. The van der Waals surface area contributed by atoms with Crippen molar-refractivity contribution in [1.29, 1.82) is 0 Å². The minimum Gasteiger partial charge on any atom is -0.413 e. The predicted molar refractivity (Wildman–Crippen MR) is 127 cm³/mol. The summed E-state index contributed by atoms with van der Waals surface area (Å²) in [6, 6.07) is 6.57. The monoisotopic (exact) mass is 557 g/mol. The second kappa shape index (κ2) is 10.9. The summed E-state index contributed by atoms with van der Waals surface area (Å²) < 4.78 is 37.7. The highest BCUT2D eigenvalue weighted by Crippen LogP contribution is 2.46. The Morgan fingerprint density at radius 3 is 2.65 bits per heavy atom. The highest BCUT2D eigenvalue weighted by atomic mass is 79.9. The molecule has 3 rings (SSSR count). The fourth-order valence-electron chi connectivity index (χ4n) is 3.11. The molecule has 0 spiro atoms. The van der Waals surface area contributed by atoms with Crippen LogP contribution in [-0.2, 0) is 23.4 Å². The number of nitrogens with one attached hydrogen (secondary N) is 2. The predicted octanol–water partition coefficient (Wildman–Crippen LogP) is 2.46. The van der Waals surface area contributed by atoms with Crippen molar-refractivity contribution in [3.63, 3.8) is 0 Å². The molecule has 1 aliphatic rings. The number of aldehydes is 1. The van der Waals surface area contributed by atoms with Gasteiger partial charge in [0, 0.05) is 23.3 Å². The van der Waals surface area contributed by atoms with E-state index in [1.54, 1.807) is 43.3 Å². The Balaban J connectivity index is 1.74. The van der Waals surface area contributed by atoms with Crippen LogP contribution in [0.5, 0.6) is 5.75 Å². The molecule has 1 aliphatic heterocycles. The SMILES string of the molecule is COCC(C)(C=O)NP(=O)(OC[C@@H]1C=C[C@H](n2cc(C)c(=O)[nH]c2=O)O1)Oc1ccc(Br)cc1. The number of carbonyl (C=O) groups excluding carboxylic acids is 1. The molecule has 2 aromatic rings. The lowest BCUT2D eigenvalue weighted by molar-refractivity contribution is -0.114. The highest BCUT2D eigenvalue weighted by molar-refractivity contribution is 9.10. The van der Waals surface area contributed by atoms with Crippen LogP contribution in [0.15, 0.2) is 56.7 Å². The third-order valence-electron chi connectivity index (χ3n) is 4.77. The lowest BCUT2D eigenvalue weighted by atomic mass is 10.1. The zero-order valence-corrected chi connectivity index (χ0v) is 21.2. The Hall–Kier alpha value is -2.34. The minimum absolute atomic E-state index is 0.0794. The van der Waals surface area contributed by atoms with Crippen LogP contribution in [0.4, 0.5) is 0 Å². The number of hydrogen-bond acceptors (Lipinski definition) is 8. The van der Waals surface area contributed by atoms with Gasteiger partial charge in [-0.05, 0) is 44.2 Å². The number of aryl methyl sites for hydroxylation is 1. The molecule has 11 nitrogen and oxygen atoms in total. The highest BCUT2D eigenvalue weighted by Gasteiger charge is 2.38. The average molecular weight is 558 g/mol. The van der Waals surface area contributed by atoms with Crippen molar-refractivity contribution < 1.29 is 27.9 Å². The smallest absolute Gasteiger partial charge is 0.413 e. The van der Waals surface area contributed by atoms with E-state index in [1.807, 2.05) is 0 Å². The van der Waals surface area contributed by atoms with E-state index in [2.05, 4.69) is 26.0 Å². The third-order valence-corrected chi connectivity index (χ3v) is 7.02. The Bertz CT molecular complexity index is 1210.